The molecule has 0 N–H and O–H groups in total. The molecule has 18 heavy (non-hydrogen) atoms. The summed E-state index contributed by atoms with van der Waals surface area (Å²) in [5.74, 6) is 0.880. The van der Waals surface area contributed by atoms with Crippen molar-refractivity contribution in [3.05, 3.63) is 0 Å². The van der Waals surface area contributed by atoms with Gasteiger partial charge in [0.25, 0.3) is 0 Å². The van der Waals surface area contributed by atoms with Crippen molar-refractivity contribution in [1.29, 1.82) is 0 Å². The largest absolute Gasteiger partial charge is 0.385 e. The summed E-state index contributed by atoms with van der Waals surface area (Å²) >= 11 is 0. The van der Waals surface area contributed by atoms with Crippen molar-refractivity contribution < 1.29 is 9.47 Å². The molecule has 0 bridgehead atoms. The first-order valence-electron chi connectivity index (χ1n) is 7.40. The second kappa shape index (κ2) is 8.10. The van der Waals surface area contributed by atoms with E-state index >= 15 is 0 Å². The SMILES string of the molecule is COCCCCN1CCC(CN2CCOCC2)C1. The molecule has 2 aliphatic heterocycles. The van der Waals surface area contributed by atoms with E-state index in [0.717, 1.165) is 38.8 Å². The van der Waals surface area contributed by atoms with E-state index in [1.165, 1.54) is 45.4 Å². The van der Waals surface area contributed by atoms with Crippen molar-refractivity contribution in [2.75, 3.05) is 66.2 Å². The van der Waals surface area contributed by atoms with Crippen LogP contribution in [0.5, 0.6) is 0 Å². The topological polar surface area (TPSA) is 24.9 Å². The molecule has 4 nitrogen and oxygen atoms in total. The molecule has 2 rings (SSSR count). The van der Waals surface area contributed by atoms with Gasteiger partial charge in [0.1, 0.15) is 0 Å². The maximum Gasteiger partial charge on any atom is 0.0594 e. The fourth-order valence-electron chi connectivity index (χ4n) is 3.00. The van der Waals surface area contributed by atoms with E-state index in [2.05, 4.69) is 9.80 Å². The Morgan fingerprint density at radius 3 is 2.72 bits per heavy atom. The van der Waals surface area contributed by atoms with Crippen LogP contribution in [-0.4, -0.2) is 76.0 Å². The number of rotatable bonds is 7. The average molecular weight is 256 g/mol. The Kier molecular flexibility index (Phi) is 6.41. The van der Waals surface area contributed by atoms with Crippen molar-refractivity contribution in [3.8, 4) is 0 Å². The van der Waals surface area contributed by atoms with Crippen LogP contribution in [0.2, 0.25) is 0 Å². The molecule has 0 aromatic carbocycles. The molecular formula is C14H28N2O2. The summed E-state index contributed by atoms with van der Waals surface area (Å²) < 4.78 is 10.5. The van der Waals surface area contributed by atoms with E-state index in [1.807, 2.05) is 0 Å². The third kappa shape index (κ3) is 4.84. The number of methoxy groups -OCH3 is 1. The van der Waals surface area contributed by atoms with Crippen LogP contribution in [0.1, 0.15) is 19.3 Å². The number of likely N-dealkylation sites (tertiary alicyclic amines) is 1. The highest BCUT2D eigenvalue weighted by atomic mass is 16.5. The molecule has 0 spiro atoms. The van der Waals surface area contributed by atoms with E-state index in [9.17, 15) is 0 Å². The lowest BCUT2D eigenvalue weighted by Crippen LogP contribution is -2.39. The van der Waals surface area contributed by atoms with Gasteiger partial charge in [-0.2, -0.15) is 0 Å². The molecular weight excluding hydrogens is 228 g/mol. The predicted molar refractivity (Wildman–Crippen MR) is 72.9 cm³/mol. The van der Waals surface area contributed by atoms with Crippen LogP contribution >= 0.6 is 0 Å². The van der Waals surface area contributed by atoms with Crippen LogP contribution in [0.4, 0.5) is 0 Å². The summed E-state index contributed by atoms with van der Waals surface area (Å²) in [6, 6.07) is 0. The molecule has 2 fully saturated rings. The maximum absolute atomic E-state index is 5.40. The molecule has 0 aliphatic carbocycles. The second-order valence-corrected chi connectivity index (χ2v) is 5.57. The lowest BCUT2D eigenvalue weighted by atomic mass is 10.1. The van der Waals surface area contributed by atoms with E-state index in [-0.39, 0.29) is 0 Å². The summed E-state index contributed by atoms with van der Waals surface area (Å²) in [5, 5.41) is 0. The van der Waals surface area contributed by atoms with Crippen molar-refractivity contribution in [1.82, 2.24) is 9.80 Å². The second-order valence-electron chi connectivity index (χ2n) is 5.57. The van der Waals surface area contributed by atoms with Crippen LogP contribution in [0.25, 0.3) is 0 Å². The van der Waals surface area contributed by atoms with Gasteiger partial charge in [0, 0.05) is 39.9 Å². The summed E-state index contributed by atoms with van der Waals surface area (Å²) in [6.07, 6.45) is 3.85. The van der Waals surface area contributed by atoms with E-state index < -0.39 is 0 Å². The number of unbranched alkanes of at least 4 members (excludes halogenated alkanes) is 1. The van der Waals surface area contributed by atoms with E-state index in [4.69, 9.17) is 9.47 Å². The minimum absolute atomic E-state index is 0.880. The molecule has 2 aliphatic rings. The first-order valence-corrected chi connectivity index (χ1v) is 7.40. The lowest BCUT2D eigenvalue weighted by molar-refractivity contribution is 0.0312. The van der Waals surface area contributed by atoms with Crippen LogP contribution in [-0.2, 0) is 9.47 Å². The Balaban J connectivity index is 1.56. The molecule has 4 heteroatoms. The van der Waals surface area contributed by atoms with Crippen molar-refractivity contribution in [3.63, 3.8) is 0 Å². The highest BCUT2D eigenvalue weighted by Gasteiger charge is 2.24. The Bertz CT molecular complexity index is 220. The van der Waals surface area contributed by atoms with E-state index in [1.54, 1.807) is 7.11 Å². The fourth-order valence-corrected chi connectivity index (χ4v) is 3.00. The first-order chi connectivity index (χ1) is 8.88. The quantitative estimate of drug-likeness (QED) is 0.636. The molecule has 2 saturated heterocycles. The summed E-state index contributed by atoms with van der Waals surface area (Å²) in [6.45, 7) is 10.1. The average Bonchev–Trinajstić information content (AvgIpc) is 2.84. The number of morpholine rings is 1. The Morgan fingerprint density at radius 1 is 1.11 bits per heavy atom. The molecule has 1 atom stereocenters. The lowest BCUT2D eigenvalue weighted by Gasteiger charge is -2.29. The van der Waals surface area contributed by atoms with Gasteiger partial charge in [0.15, 0.2) is 0 Å². The summed E-state index contributed by atoms with van der Waals surface area (Å²) in [4.78, 5) is 5.20. The molecule has 0 aromatic rings. The van der Waals surface area contributed by atoms with Gasteiger partial charge in [-0.1, -0.05) is 0 Å². The molecule has 0 saturated carbocycles. The smallest absolute Gasteiger partial charge is 0.0594 e. The van der Waals surface area contributed by atoms with Gasteiger partial charge in [0.2, 0.25) is 0 Å². The zero-order valence-electron chi connectivity index (χ0n) is 11.8. The van der Waals surface area contributed by atoms with Crippen LogP contribution in [0, 0.1) is 5.92 Å². The highest BCUT2D eigenvalue weighted by Crippen LogP contribution is 2.18. The standard InChI is InChI=1S/C14H28N2O2/c1-17-9-3-2-5-15-6-4-14(12-15)13-16-7-10-18-11-8-16/h14H,2-13H2,1H3. The zero-order chi connectivity index (χ0) is 12.6. The van der Waals surface area contributed by atoms with Gasteiger partial charge >= 0.3 is 0 Å². The summed E-state index contributed by atoms with van der Waals surface area (Å²) in [5.41, 5.74) is 0. The van der Waals surface area contributed by atoms with Gasteiger partial charge in [-0.25, -0.2) is 0 Å². The van der Waals surface area contributed by atoms with Gasteiger partial charge in [-0.3, -0.25) is 4.90 Å². The number of hydrogen-bond donors (Lipinski definition) is 0. The van der Waals surface area contributed by atoms with Crippen LogP contribution in [0.3, 0.4) is 0 Å². The van der Waals surface area contributed by atoms with Gasteiger partial charge in [-0.15, -0.1) is 0 Å². The predicted octanol–water partition coefficient (Wildman–Crippen LogP) is 1.07. The Hall–Kier alpha value is -0.160. The molecule has 106 valence electrons. The molecule has 0 aromatic heterocycles. The van der Waals surface area contributed by atoms with Crippen molar-refractivity contribution in [2.24, 2.45) is 5.92 Å². The maximum atomic E-state index is 5.40. The third-order valence-electron chi connectivity index (χ3n) is 4.06. The monoisotopic (exact) mass is 256 g/mol. The van der Waals surface area contributed by atoms with E-state index in [0.29, 0.717) is 0 Å². The molecule has 0 radical (unpaired) electrons. The van der Waals surface area contributed by atoms with Gasteiger partial charge < -0.3 is 14.4 Å². The number of hydrogen-bond acceptors (Lipinski definition) is 4. The van der Waals surface area contributed by atoms with Crippen molar-refractivity contribution in [2.45, 2.75) is 19.3 Å². The van der Waals surface area contributed by atoms with Crippen molar-refractivity contribution >= 4 is 0 Å². The number of ether oxygens (including phenoxy) is 2. The summed E-state index contributed by atoms with van der Waals surface area (Å²) in [7, 11) is 1.79. The third-order valence-corrected chi connectivity index (χ3v) is 4.06. The number of nitrogens with zero attached hydrogens (tertiary/aromatic N) is 2. The molecule has 1 unspecified atom stereocenters. The minimum atomic E-state index is 0.880. The Labute approximate surface area is 111 Å². The minimum Gasteiger partial charge on any atom is -0.385 e. The first kappa shape index (κ1) is 14.3. The Morgan fingerprint density at radius 2 is 1.94 bits per heavy atom. The van der Waals surface area contributed by atoms with Gasteiger partial charge in [-0.05, 0) is 38.3 Å². The van der Waals surface area contributed by atoms with Crippen LogP contribution < -0.4 is 0 Å². The zero-order valence-corrected chi connectivity index (χ0v) is 11.8. The molecule has 2 heterocycles. The fraction of sp³-hybridized carbons (Fsp3) is 1.00. The molecule has 0 amide bonds. The highest BCUT2D eigenvalue weighted by molar-refractivity contribution is 4.79. The normalized spacial score (nSPS) is 26.8. The van der Waals surface area contributed by atoms with Crippen LogP contribution in [0.15, 0.2) is 0 Å². The van der Waals surface area contributed by atoms with Gasteiger partial charge in [0.05, 0.1) is 13.2 Å².